The summed E-state index contributed by atoms with van der Waals surface area (Å²) in [7, 11) is 1.64. The van der Waals surface area contributed by atoms with Crippen molar-refractivity contribution in [1.82, 2.24) is 0 Å². The number of ether oxygens (including phenoxy) is 3. The summed E-state index contributed by atoms with van der Waals surface area (Å²) in [5.74, 6) is 0.254. The second-order valence-corrected chi connectivity index (χ2v) is 6.24. The molecule has 0 aromatic heterocycles. The lowest BCUT2D eigenvalue weighted by Crippen LogP contribution is -2.26. The average Bonchev–Trinajstić information content (AvgIpc) is 2.90. The summed E-state index contributed by atoms with van der Waals surface area (Å²) in [6, 6.07) is 0. The molecule has 0 radical (unpaired) electrons. The fraction of sp³-hybridized carbons (Fsp3) is 0.611. The standard InChI is InChI=1S/C18H26O4/c1-5-21-17(19)13(2)9-16-11-15-10-14(7-6-8-20-4)12-18(15,3)22-16/h6-9,15-16H,5,10-12H2,1-4H3/b8-6-,13-9+,14-7+/t15-,16+,18-/m0/s1. The Hall–Kier alpha value is -1.55. The molecule has 4 nitrogen and oxygen atoms in total. The third-order valence-electron chi connectivity index (χ3n) is 4.47. The Labute approximate surface area is 132 Å². The molecule has 0 aromatic rings. The quantitative estimate of drug-likeness (QED) is 0.443. The van der Waals surface area contributed by atoms with Gasteiger partial charge in [-0.05, 0) is 58.1 Å². The zero-order valence-electron chi connectivity index (χ0n) is 13.9. The van der Waals surface area contributed by atoms with Gasteiger partial charge in [0.2, 0.25) is 0 Å². The predicted octanol–water partition coefficient (Wildman–Crippen LogP) is 3.54. The highest BCUT2D eigenvalue weighted by molar-refractivity contribution is 5.87. The maximum atomic E-state index is 11.7. The van der Waals surface area contributed by atoms with Crippen LogP contribution in [0.1, 0.15) is 40.0 Å². The molecule has 2 aliphatic rings. The van der Waals surface area contributed by atoms with Gasteiger partial charge in [0, 0.05) is 5.57 Å². The molecule has 0 aromatic carbocycles. The van der Waals surface area contributed by atoms with Gasteiger partial charge in [-0.1, -0.05) is 11.6 Å². The van der Waals surface area contributed by atoms with Crippen molar-refractivity contribution in [1.29, 1.82) is 0 Å². The Balaban J connectivity index is 1.97. The van der Waals surface area contributed by atoms with Crippen molar-refractivity contribution in [3.8, 4) is 0 Å². The van der Waals surface area contributed by atoms with Gasteiger partial charge in [-0.25, -0.2) is 4.79 Å². The minimum Gasteiger partial charge on any atom is -0.504 e. The Kier molecular flexibility index (Phi) is 5.46. The molecule has 0 unspecified atom stereocenters. The normalized spacial score (nSPS) is 33.5. The van der Waals surface area contributed by atoms with Crippen LogP contribution in [-0.4, -0.2) is 31.4 Å². The molecule has 4 heteroatoms. The number of hydrogen-bond donors (Lipinski definition) is 0. The van der Waals surface area contributed by atoms with Gasteiger partial charge in [0.05, 0.1) is 31.7 Å². The zero-order chi connectivity index (χ0) is 16.2. The maximum Gasteiger partial charge on any atom is 0.333 e. The van der Waals surface area contributed by atoms with E-state index >= 15 is 0 Å². The van der Waals surface area contributed by atoms with Gasteiger partial charge in [0.1, 0.15) is 0 Å². The van der Waals surface area contributed by atoms with Crippen LogP contribution in [0.15, 0.2) is 35.6 Å². The fourth-order valence-electron chi connectivity index (χ4n) is 3.42. The first-order chi connectivity index (χ1) is 10.5. The first kappa shape index (κ1) is 16.8. The Morgan fingerprint density at radius 3 is 2.91 bits per heavy atom. The van der Waals surface area contributed by atoms with Crippen molar-refractivity contribution in [3.63, 3.8) is 0 Å². The highest BCUT2D eigenvalue weighted by Gasteiger charge is 2.49. The molecule has 0 amide bonds. The number of esters is 1. The summed E-state index contributed by atoms with van der Waals surface area (Å²) in [4.78, 5) is 11.7. The number of methoxy groups -OCH3 is 1. The second kappa shape index (κ2) is 7.14. The highest BCUT2D eigenvalue weighted by atomic mass is 16.5. The van der Waals surface area contributed by atoms with Gasteiger partial charge >= 0.3 is 5.97 Å². The minimum atomic E-state index is -0.251. The van der Waals surface area contributed by atoms with Gasteiger partial charge in [0.15, 0.2) is 0 Å². The molecular weight excluding hydrogens is 280 g/mol. The molecule has 2 fully saturated rings. The van der Waals surface area contributed by atoms with Crippen LogP contribution < -0.4 is 0 Å². The number of carbonyl (C=O) groups excluding carboxylic acids is 1. The SMILES string of the molecule is CCOC(=O)/C(C)=C/[C@@H]1C[C@@H]2C/C(=C\C=C/OC)C[C@]2(C)O1. The molecule has 3 atom stereocenters. The lowest BCUT2D eigenvalue weighted by Gasteiger charge is -2.23. The lowest BCUT2D eigenvalue weighted by molar-refractivity contribution is -0.138. The minimum absolute atomic E-state index is 0.00970. The molecule has 1 saturated carbocycles. The maximum absolute atomic E-state index is 11.7. The molecule has 1 saturated heterocycles. The van der Waals surface area contributed by atoms with Crippen LogP contribution in [0.3, 0.4) is 0 Å². The van der Waals surface area contributed by atoms with Crippen molar-refractivity contribution >= 4 is 5.97 Å². The molecule has 0 N–H and O–H groups in total. The van der Waals surface area contributed by atoms with Crippen molar-refractivity contribution in [2.24, 2.45) is 5.92 Å². The number of allylic oxidation sites excluding steroid dienone is 2. The second-order valence-electron chi connectivity index (χ2n) is 6.24. The first-order valence-corrected chi connectivity index (χ1v) is 7.89. The highest BCUT2D eigenvalue weighted by Crippen LogP contribution is 2.50. The van der Waals surface area contributed by atoms with E-state index in [1.54, 1.807) is 20.3 Å². The van der Waals surface area contributed by atoms with E-state index in [1.165, 1.54) is 5.57 Å². The number of fused-ring (bicyclic) bond motifs is 1. The van der Waals surface area contributed by atoms with Crippen LogP contribution in [0.5, 0.6) is 0 Å². The van der Waals surface area contributed by atoms with Crippen LogP contribution in [0.2, 0.25) is 0 Å². The summed E-state index contributed by atoms with van der Waals surface area (Å²) in [5, 5.41) is 0. The fourth-order valence-corrected chi connectivity index (χ4v) is 3.42. The van der Waals surface area contributed by atoms with Crippen molar-refractivity contribution < 1.29 is 19.0 Å². The van der Waals surface area contributed by atoms with Gasteiger partial charge in [-0.3, -0.25) is 0 Å². The smallest absolute Gasteiger partial charge is 0.333 e. The summed E-state index contributed by atoms with van der Waals surface area (Å²) < 4.78 is 16.2. The third-order valence-corrected chi connectivity index (χ3v) is 4.47. The van der Waals surface area contributed by atoms with E-state index in [4.69, 9.17) is 14.2 Å². The summed E-state index contributed by atoms with van der Waals surface area (Å²) >= 11 is 0. The van der Waals surface area contributed by atoms with Crippen LogP contribution in [-0.2, 0) is 19.0 Å². The number of carbonyl (C=O) groups is 1. The summed E-state index contributed by atoms with van der Waals surface area (Å²) in [6.45, 7) is 6.18. The molecule has 22 heavy (non-hydrogen) atoms. The Morgan fingerprint density at radius 1 is 1.50 bits per heavy atom. The lowest BCUT2D eigenvalue weighted by atomic mass is 9.92. The third kappa shape index (κ3) is 3.80. The van der Waals surface area contributed by atoms with Crippen molar-refractivity contribution in [2.75, 3.05) is 13.7 Å². The number of rotatable bonds is 5. The Bertz CT molecular complexity index is 503. The first-order valence-electron chi connectivity index (χ1n) is 7.89. The van der Waals surface area contributed by atoms with Crippen molar-refractivity contribution in [2.45, 2.75) is 51.7 Å². The van der Waals surface area contributed by atoms with Crippen molar-refractivity contribution in [3.05, 3.63) is 35.6 Å². The van der Waals surface area contributed by atoms with Gasteiger partial charge in [-0.2, -0.15) is 0 Å². The predicted molar refractivity (Wildman–Crippen MR) is 85.2 cm³/mol. The van der Waals surface area contributed by atoms with Gasteiger partial charge < -0.3 is 14.2 Å². The van der Waals surface area contributed by atoms with E-state index in [-0.39, 0.29) is 17.7 Å². The summed E-state index contributed by atoms with van der Waals surface area (Å²) in [5.41, 5.74) is 1.91. The Morgan fingerprint density at radius 2 is 2.27 bits per heavy atom. The zero-order valence-corrected chi connectivity index (χ0v) is 13.9. The molecule has 122 valence electrons. The molecule has 2 rings (SSSR count). The van der Waals surface area contributed by atoms with E-state index in [9.17, 15) is 4.79 Å². The molecule has 1 aliphatic heterocycles. The largest absolute Gasteiger partial charge is 0.504 e. The van der Waals surface area contributed by atoms with Gasteiger partial charge in [0.25, 0.3) is 0 Å². The molecular formula is C18H26O4. The van der Waals surface area contributed by atoms with Crippen LogP contribution >= 0.6 is 0 Å². The van der Waals surface area contributed by atoms with Crippen LogP contribution in [0.4, 0.5) is 0 Å². The average molecular weight is 306 g/mol. The van der Waals surface area contributed by atoms with Gasteiger partial charge in [-0.15, -0.1) is 0 Å². The molecule has 0 spiro atoms. The summed E-state index contributed by atoms with van der Waals surface area (Å²) in [6.07, 6.45) is 10.6. The molecule has 0 bridgehead atoms. The van der Waals surface area contributed by atoms with E-state index in [1.807, 2.05) is 19.1 Å². The number of hydrogen-bond acceptors (Lipinski definition) is 4. The van der Waals surface area contributed by atoms with E-state index in [2.05, 4.69) is 13.0 Å². The monoisotopic (exact) mass is 306 g/mol. The van der Waals surface area contributed by atoms with Crippen LogP contribution in [0, 0.1) is 5.92 Å². The molecule has 1 aliphatic carbocycles. The van der Waals surface area contributed by atoms with E-state index < -0.39 is 0 Å². The molecule has 1 heterocycles. The van der Waals surface area contributed by atoms with Crippen LogP contribution in [0.25, 0.3) is 0 Å². The van der Waals surface area contributed by atoms with E-state index in [0.29, 0.717) is 18.1 Å². The topological polar surface area (TPSA) is 44.8 Å². The van der Waals surface area contributed by atoms with E-state index in [0.717, 1.165) is 19.3 Å².